The molecule has 0 spiro atoms. The van der Waals surface area contributed by atoms with Gasteiger partial charge in [-0.05, 0) is 57.9 Å². The van der Waals surface area contributed by atoms with Crippen LogP contribution in [0.15, 0.2) is 18.2 Å². The number of carbonyl (C=O) groups is 1. The molecule has 22 heavy (non-hydrogen) atoms. The summed E-state index contributed by atoms with van der Waals surface area (Å²) in [6.45, 7) is 10.3. The van der Waals surface area contributed by atoms with Gasteiger partial charge < -0.3 is 4.90 Å². The van der Waals surface area contributed by atoms with E-state index in [0.717, 1.165) is 17.4 Å². The summed E-state index contributed by atoms with van der Waals surface area (Å²) in [5.74, 6) is -0.186. The number of anilines is 1. The summed E-state index contributed by atoms with van der Waals surface area (Å²) in [5.41, 5.74) is 2.46. The zero-order chi connectivity index (χ0) is 17.1. The van der Waals surface area contributed by atoms with Gasteiger partial charge in [0.15, 0.2) is 0 Å². The van der Waals surface area contributed by atoms with Gasteiger partial charge in [0.05, 0.1) is 11.9 Å². The zero-order valence-corrected chi connectivity index (χ0v) is 15.1. The van der Waals surface area contributed by atoms with Crippen LogP contribution in [-0.4, -0.2) is 44.6 Å². The maximum absolute atomic E-state index is 12.6. The molecule has 0 heterocycles. The van der Waals surface area contributed by atoms with Crippen molar-refractivity contribution in [2.75, 3.05) is 23.7 Å². The zero-order valence-electron chi connectivity index (χ0n) is 14.3. The van der Waals surface area contributed by atoms with Crippen LogP contribution in [0.25, 0.3) is 0 Å². The van der Waals surface area contributed by atoms with Gasteiger partial charge in [-0.3, -0.25) is 9.10 Å². The normalized spacial score (nSPS) is 12.8. The largest absolute Gasteiger partial charge is 0.341 e. The Morgan fingerprint density at radius 1 is 1.09 bits per heavy atom. The number of rotatable bonds is 6. The third-order valence-electron chi connectivity index (χ3n) is 3.60. The fourth-order valence-electron chi connectivity index (χ4n) is 2.68. The molecule has 124 valence electrons. The average molecular weight is 326 g/mol. The summed E-state index contributed by atoms with van der Waals surface area (Å²) in [6, 6.07) is 4.79. The summed E-state index contributed by atoms with van der Waals surface area (Å²) < 4.78 is 25.7. The van der Waals surface area contributed by atoms with Gasteiger partial charge in [-0.15, -0.1) is 0 Å². The summed E-state index contributed by atoms with van der Waals surface area (Å²) in [6.07, 6.45) is 1.14. The van der Waals surface area contributed by atoms with E-state index in [0.29, 0.717) is 18.8 Å². The number of carbonyl (C=O) groups excluding carboxylic acids is 1. The number of sulfonamides is 1. The van der Waals surface area contributed by atoms with Gasteiger partial charge in [-0.1, -0.05) is 6.07 Å². The van der Waals surface area contributed by atoms with Gasteiger partial charge in [-0.2, -0.15) is 0 Å². The molecule has 0 aliphatic rings. The van der Waals surface area contributed by atoms with Crippen molar-refractivity contribution in [1.29, 1.82) is 0 Å². The Bertz CT molecular complexity index is 617. The third kappa shape index (κ3) is 4.22. The van der Waals surface area contributed by atoms with Crippen molar-refractivity contribution in [3.05, 3.63) is 29.3 Å². The van der Waals surface area contributed by atoms with Crippen LogP contribution in [0.1, 0.15) is 31.9 Å². The third-order valence-corrected chi connectivity index (χ3v) is 4.84. The van der Waals surface area contributed by atoms with Crippen LogP contribution in [0.3, 0.4) is 0 Å². The topological polar surface area (TPSA) is 57.7 Å². The van der Waals surface area contributed by atoms with Gasteiger partial charge >= 0.3 is 0 Å². The molecule has 0 saturated carbocycles. The predicted octanol–water partition coefficient (Wildman–Crippen LogP) is 2.33. The average Bonchev–Trinajstić information content (AvgIpc) is 2.37. The summed E-state index contributed by atoms with van der Waals surface area (Å²) in [7, 11) is -3.56. The lowest BCUT2D eigenvalue weighted by Crippen LogP contribution is -2.49. The molecular weight excluding hydrogens is 300 g/mol. The van der Waals surface area contributed by atoms with E-state index in [1.165, 1.54) is 4.31 Å². The molecule has 0 aromatic heterocycles. The highest BCUT2D eigenvalue weighted by Crippen LogP contribution is 2.24. The molecular formula is C16H26N2O3S. The van der Waals surface area contributed by atoms with Crippen LogP contribution in [0.5, 0.6) is 0 Å². The van der Waals surface area contributed by atoms with Crippen molar-refractivity contribution in [3.8, 4) is 0 Å². The first-order valence-corrected chi connectivity index (χ1v) is 9.33. The number of benzene rings is 1. The van der Waals surface area contributed by atoms with Gasteiger partial charge in [0.25, 0.3) is 0 Å². The van der Waals surface area contributed by atoms with Gasteiger partial charge in [-0.25, -0.2) is 8.42 Å². The number of hydrogen-bond donors (Lipinski definition) is 0. The van der Waals surface area contributed by atoms with Crippen molar-refractivity contribution in [1.82, 2.24) is 4.90 Å². The maximum atomic E-state index is 12.6. The Morgan fingerprint density at radius 2 is 1.55 bits per heavy atom. The molecule has 0 saturated heterocycles. The standard InChI is InChI=1S/C16H26N2O3S/c1-7-17(8-2)16(19)14(5)18(22(6,20)21)15-10-12(3)9-13(4)11-15/h9-11,14H,7-8H2,1-6H3. The Hall–Kier alpha value is -1.56. The molecule has 1 aromatic rings. The Balaban J connectivity index is 3.33. The monoisotopic (exact) mass is 326 g/mol. The predicted molar refractivity (Wildman–Crippen MR) is 90.6 cm³/mol. The fraction of sp³-hybridized carbons (Fsp3) is 0.562. The van der Waals surface area contributed by atoms with Crippen molar-refractivity contribution < 1.29 is 13.2 Å². The van der Waals surface area contributed by atoms with E-state index >= 15 is 0 Å². The molecule has 0 fully saturated rings. The lowest BCUT2D eigenvalue weighted by molar-refractivity contribution is -0.131. The molecule has 0 radical (unpaired) electrons. The van der Waals surface area contributed by atoms with E-state index in [4.69, 9.17) is 0 Å². The van der Waals surface area contributed by atoms with Gasteiger partial charge in [0.1, 0.15) is 6.04 Å². The number of amides is 1. The molecule has 1 aromatic carbocycles. The molecule has 6 heteroatoms. The summed E-state index contributed by atoms with van der Waals surface area (Å²) in [5, 5.41) is 0. The molecule has 0 aliphatic heterocycles. The molecule has 0 N–H and O–H groups in total. The second-order valence-electron chi connectivity index (χ2n) is 5.59. The number of nitrogens with zero attached hydrogens (tertiary/aromatic N) is 2. The molecule has 1 amide bonds. The smallest absolute Gasteiger partial charge is 0.246 e. The number of likely N-dealkylation sites (N-methyl/N-ethyl adjacent to an activating group) is 1. The van der Waals surface area contributed by atoms with Crippen molar-refractivity contribution in [2.24, 2.45) is 0 Å². The Labute approximate surface area is 134 Å². The summed E-state index contributed by atoms with van der Waals surface area (Å²) >= 11 is 0. The molecule has 0 aliphatic carbocycles. The SMILES string of the molecule is CCN(CC)C(=O)C(C)N(c1cc(C)cc(C)c1)S(C)(=O)=O. The van der Waals surface area contributed by atoms with Crippen LogP contribution in [0.2, 0.25) is 0 Å². The number of aryl methyl sites for hydroxylation is 2. The van der Waals surface area contributed by atoms with Gasteiger partial charge in [0.2, 0.25) is 15.9 Å². The fourth-order valence-corrected chi connectivity index (χ4v) is 3.83. The van der Waals surface area contributed by atoms with E-state index in [-0.39, 0.29) is 5.91 Å². The Kier molecular flexibility index (Phi) is 6.00. The molecule has 1 unspecified atom stereocenters. The quantitative estimate of drug-likeness (QED) is 0.806. The van der Waals surface area contributed by atoms with Crippen molar-refractivity contribution >= 4 is 21.6 Å². The highest BCUT2D eigenvalue weighted by Gasteiger charge is 2.31. The summed E-state index contributed by atoms with van der Waals surface area (Å²) in [4.78, 5) is 14.2. The lowest BCUT2D eigenvalue weighted by Gasteiger charge is -2.32. The molecule has 1 atom stereocenters. The first-order chi connectivity index (χ1) is 10.1. The minimum atomic E-state index is -3.56. The minimum Gasteiger partial charge on any atom is -0.341 e. The Morgan fingerprint density at radius 3 is 1.91 bits per heavy atom. The van der Waals surface area contributed by atoms with Gasteiger partial charge in [0, 0.05) is 13.1 Å². The van der Waals surface area contributed by atoms with E-state index in [2.05, 4.69) is 0 Å². The van der Waals surface area contributed by atoms with Crippen LogP contribution < -0.4 is 4.31 Å². The van der Waals surface area contributed by atoms with Crippen LogP contribution >= 0.6 is 0 Å². The minimum absolute atomic E-state index is 0.186. The van der Waals surface area contributed by atoms with Crippen molar-refractivity contribution in [3.63, 3.8) is 0 Å². The first kappa shape index (κ1) is 18.5. The highest BCUT2D eigenvalue weighted by atomic mass is 32.2. The lowest BCUT2D eigenvalue weighted by atomic mass is 10.1. The highest BCUT2D eigenvalue weighted by molar-refractivity contribution is 7.92. The maximum Gasteiger partial charge on any atom is 0.246 e. The van der Waals surface area contributed by atoms with E-state index in [9.17, 15) is 13.2 Å². The van der Waals surface area contributed by atoms with Crippen LogP contribution in [-0.2, 0) is 14.8 Å². The van der Waals surface area contributed by atoms with Crippen LogP contribution in [0.4, 0.5) is 5.69 Å². The van der Waals surface area contributed by atoms with E-state index < -0.39 is 16.1 Å². The first-order valence-electron chi connectivity index (χ1n) is 7.48. The van der Waals surface area contributed by atoms with E-state index in [1.54, 1.807) is 24.0 Å². The van der Waals surface area contributed by atoms with Crippen LogP contribution in [0, 0.1) is 13.8 Å². The van der Waals surface area contributed by atoms with E-state index in [1.807, 2.05) is 33.8 Å². The second kappa shape index (κ2) is 7.13. The molecule has 1 rings (SSSR count). The second-order valence-corrected chi connectivity index (χ2v) is 7.45. The molecule has 0 bridgehead atoms. The van der Waals surface area contributed by atoms with Crippen molar-refractivity contribution in [2.45, 2.75) is 40.7 Å². The molecule has 5 nitrogen and oxygen atoms in total. The number of hydrogen-bond acceptors (Lipinski definition) is 3.